The molecule has 0 unspecified atom stereocenters. The van der Waals surface area contributed by atoms with E-state index in [4.69, 9.17) is 5.11 Å². The molecule has 0 spiro atoms. The van der Waals surface area contributed by atoms with Gasteiger partial charge in [-0.3, -0.25) is 4.79 Å². The zero-order chi connectivity index (χ0) is 14.7. The van der Waals surface area contributed by atoms with Crippen molar-refractivity contribution >= 4 is 17.9 Å². The first-order valence-electron chi connectivity index (χ1n) is 6.09. The number of urea groups is 1. The molecule has 3 amide bonds. The fourth-order valence-corrected chi connectivity index (χ4v) is 2.03. The molecule has 0 radical (unpaired) electrons. The molecule has 0 bridgehead atoms. The molecule has 1 aliphatic rings. The number of nitrogens with one attached hydrogen (secondary N) is 2. The van der Waals surface area contributed by atoms with Crippen LogP contribution in [0.15, 0.2) is 18.2 Å². The maximum absolute atomic E-state index is 11.9. The molecule has 1 heterocycles. The van der Waals surface area contributed by atoms with Crippen LogP contribution in [0.1, 0.15) is 21.5 Å². The normalized spacial score (nSPS) is 12.8. The van der Waals surface area contributed by atoms with E-state index >= 15 is 0 Å². The summed E-state index contributed by atoms with van der Waals surface area (Å²) in [5.41, 5.74) is 1.95. The molecular weight excluding hydrogens is 262 g/mol. The molecule has 0 saturated heterocycles. The number of hydrogen-bond donors (Lipinski definition) is 3. The Morgan fingerprint density at radius 1 is 1.25 bits per heavy atom. The summed E-state index contributed by atoms with van der Waals surface area (Å²) >= 11 is 0. The third-order valence-corrected chi connectivity index (χ3v) is 3.14. The van der Waals surface area contributed by atoms with E-state index < -0.39 is 5.97 Å². The van der Waals surface area contributed by atoms with Crippen molar-refractivity contribution in [2.75, 3.05) is 13.6 Å². The minimum Gasteiger partial charge on any atom is -0.478 e. The van der Waals surface area contributed by atoms with Gasteiger partial charge >= 0.3 is 12.0 Å². The van der Waals surface area contributed by atoms with E-state index in [1.807, 2.05) is 0 Å². The van der Waals surface area contributed by atoms with Crippen LogP contribution in [0.4, 0.5) is 4.79 Å². The summed E-state index contributed by atoms with van der Waals surface area (Å²) in [6.07, 6.45) is 0. The summed E-state index contributed by atoms with van der Waals surface area (Å²) < 4.78 is 0. The van der Waals surface area contributed by atoms with Crippen LogP contribution in [0.5, 0.6) is 0 Å². The average Bonchev–Trinajstić information content (AvgIpc) is 2.87. The van der Waals surface area contributed by atoms with E-state index in [1.165, 1.54) is 18.0 Å². The lowest BCUT2D eigenvalue weighted by Crippen LogP contribution is -2.41. The van der Waals surface area contributed by atoms with Gasteiger partial charge in [0.25, 0.3) is 0 Å². The Labute approximate surface area is 115 Å². The number of carbonyl (C=O) groups excluding carboxylic acids is 2. The molecule has 0 atom stereocenters. The molecule has 0 saturated carbocycles. The van der Waals surface area contributed by atoms with Crippen LogP contribution in [-0.2, 0) is 17.9 Å². The van der Waals surface area contributed by atoms with Crippen LogP contribution in [-0.4, -0.2) is 41.5 Å². The number of hydrogen-bond acceptors (Lipinski definition) is 3. The summed E-state index contributed by atoms with van der Waals surface area (Å²) in [6.45, 7) is 0.674. The van der Waals surface area contributed by atoms with Crippen LogP contribution in [0.25, 0.3) is 0 Å². The second-order valence-corrected chi connectivity index (χ2v) is 4.48. The van der Waals surface area contributed by atoms with Gasteiger partial charge in [0, 0.05) is 20.1 Å². The fourth-order valence-electron chi connectivity index (χ4n) is 2.03. The minimum atomic E-state index is -0.990. The maximum atomic E-state index is 11.9. The smallest absolute Gasteiger partial charge is 0.335 e. The largest absolute Gasteiger partial charge is 0.478 e. The van der Waals surface area contributed by atoms with Crippen molar-refractivity contribution in [1.82, 2.24) is 15.5 Å². The van der Waals surface area contributed by atoms with Crippen LogP contribution in [0.2, 0.25) is 0 Å². The number of benzene rings is 1. The molecular formula is C13H15N3O4. The van der Waals surface area contributed by atoms with Gasteiger partial charge in [-0.15, -0.1) is 0 Å². The molecule has 7 nitrogen and oxygen atoms in total. The molecule has 20 heavy (non-hydrogen) atoms. The Hall–Kier alpha value is -2.57. The van der Waals surface area contributed by atoms with E-state index in [2.05, 4.69) is 10.6 Å². The number of likely N-dealkylation sites (N-methyl/N-ethyl adjacent to an activating group) is 1. The Morgan fingerprint density at radius 3 is 2.60 bits per heavy atom. The molecule has 106 valence electrons. The summed E-state index contributed by atoms with van der Waals surface area (Å²) in [5, 5.41) is 13.8. The Morgan fingerprint density at radius 2 is 1.95 bits per heavy atom. The number of carboxylic acid groups (broad SMARTS) is 1. The number of rotatable bonds is 3. The maximum Gasteiger partial charge on any atom is 0.335 e. The molecule has 7 heteroatoms. The van der Waals surface area contributed by atoms with Crippen molar-refractivity contribution in [2.24, 2.45) is 0 Å². The van der Waals surface area contributed by atoms with Crippen molar-refractivity contribution < 1.29 is 19.5 Å². The number of carbonyl (C=O) groups is 3. The van der Waals surface area contributed by atoms with Crippen molar-refractivity contribution in [2.45, 2.75) is 13.1 Å². The summed E-state index contributed by atoms with van der Waals surface area (Å²) in [6, 6.07) is 4.46. The first-order valence-corrected chi connectivity index (χ1v) is 6.09. The summed E-state index contributed by atoms with van der Waals surface area (Å²) in [7, 11) is 1.49. The fraction of sp³-hybridized carbons (Fsp3) is 0.308. The van der Waals surface area contributed by atoms with Gasteiger partial charge in [-0.25, -0.2) is 9.59 Å². The van der Waals surface area contributed by atoms with Gasteiger partial charge in [0.1, 0.15) is 0 Å². The van der Waals surface area contributed by atoms with E-state index in [-0.39, 0.29) is 24.0 Å². The average molecular weight is 277 g/mol. The minimum absolute atomic E-state index is 0.0808. The third kappa shape index (κ3) is 2.87. The number of amides is 3. The quantitative estimate of drug-likeness (QED) is 0.732. The van der Waals surface area contributed by atoms with Crippen molar-refractivity contribution in [3.8, 4) is 0 Å². The van der Waals surface area contributed by atoms with Crippen molar-refractivity contribution in [1.29, 1.82) is 0 Å². The highest BCUT2D eigenvalue weighted by molar-refractivity contribution is 5.88. The van der Waals surface area contributed by atoms with E-state index in [9.17, 15) is 14.4 Å². The van der Waals surface area contributed by atoms with Crippen LogP contribution >= 0.6 is 0 Å². The highest BCUT2D eigenvalue weighted by Crippen LogP contribution is 2.23. The molecule has 2 rings (SSSR count). The Bertz CT molecular complexity index is 571. The van der Waals surface area contributed by atoms with Gasteiger partial charge in [-0.1, -0.05) is 6.07 Å². The predicted octanol–water partition coefficient (Wildman–Crippen LogP) is 0.156. The molecule has 1 aliphatic heterocycles. The molecule has 0 aromatic heterocycles. The highest BCUT2D eigenvalue weighted by Gasteiger charge is 2.24. The monoisotopic (exact) mass is 277 g/mol. The highest BCUT2D eigenvalue weighted by atomic mass is 16.4. The van der Waals surface area contributed by atoms with Crippen LogP contribution in [0, 0.1) is 0 Å². The SMILES string of the molecule is CNC(=O)CNC(=O)N1Cc2ccc(C(=O)O)cc2C1. The molecule has 0 fully saturated rings. The lowest BCUT2D eigenvalue weighted by atomic mass is 10.1. The zero-order valence-electron chi connectivity index (χ0n) is 11.0. The topological polar surface area (TPSA) is 98.7 Å². The van der Waals surface area contributed by atoms with Crippen molar-refractivity contribution in [3.05, 3.63) is 34.9 Å². The first-order chi connectivity index (χ1) is 9.51. The van der Waals surface area contributed by atoms with Gasteiger partial charge in [-0.2, -0.15) is 0 Å². The van der Waals surface area contributed by atoms with Crippen molar-refractivity contribution in [3.63, 3.8) is 0 Å². The Balaban J connectivity index is 2.00. The molecule has 0 aliphatic carbocycles. The third-order valence-electron chi connectivity index (χ3n) is 3.14. The van der Waals surface area contributed by atoms with Gasteiger partial charge in [0.15, 0.2) is 0 Å². The number of nitrogens with zero attached hydrogens (tertiary/aromatic N) is 1. The molecule has 1 aromatic carbocycles. The van der Waals surface area contributed by atoms with E-state index in [0.29, 0.717) is 13.1 Å². The number of carboxylic acids is 1. The van der Waals surface area contributed by atoms with Crippen LogP contribution in [0.3, 0.4) is 0 Å². The first kappa shape index (κ1) is 13.9. The lowest BCUT2D eigenvalue weighted by molar-refractivity contribution is -0.119. The van der Waals surface area contributed by atoms with Gasteiger partial charge in [0.05, 0.1) is 12.1 Å². The number of aromatic carboxylic acids is 1. The van der Waals surface area contributed by atoms with Gasteiger partial charge in [-0.05, 0) is 23.3 Å². The van der Waals surface area contributed by atoms with E-state index in [0.717, 1.165) is 11.1 Å². The molecule has 3 N–H and O–H groups in total. The van der Waals surface area contributed by atoms with Gasteiger partial charge in [0.2, 0.25) is 5.91 Å². The van der Waals surface area contributed by atoms with E-state index in [1.54, 1.807) is 12.1 Å². The summed E-state index contributed by atoms with van der Waals surface area (Å²) in [5.74, 6) is -1.27. The molecule has 1 aromatic rings. The Kier molecular flexibility index (Phi) is 3.88. The standard InChI is InChI=1S/C13H15N3O4/c1-14-11(17)5-15-13(20)16-6-9-3-2-8(12(18)19)4-10(9)7-16/h2-4H,5-7H2,1H3,(H,14,17)(H,15,20)(H,18,19). The summed E-state index contributed by atoms with van der Waals surface area (Å²) in [4.78, 5) is 35.3. The lowest BCUT2D eigenvalue weighted by Gasteiger charge is -2.15. The second-order valence-electron chi connectivity index (χ2n) is 4.48. The van der Waals surface area contributed by atoms with Gasteiger partial charge < -0.3 is 20.6 Å². The zero-order valence-corrected chi connectivity index (χ0v) is 11.0. The number of fused-ring (bicyclic) bond motifs is 1. The second kappa shape index (κ2) is 5.60. The van der Waals surface area contributed by atoms with Crippen LogP contribution < -0.4 is 10.6 Å². The predicted molar refractivity (Wildman–Crippen MR) is 70.1 cm³/mol.